The summed E-state index contributed by atoms with van der Waals surface area (Å²) in [6.45, 7) is 11.6. The average Bonchev–Trinajstić information content (AvgIpc) is 2.84. The van der Waals surface area contributed by atoms with Crippen LogP contribution in [0.25, 0.3) is 0 Å². The monoisotopic (exact) mass is 309 g/mol. The van der Waals surface area contributed by atoms with Crippen LogP contribution >= 0.6 is 11.8 Å². The largest absolute Gasteiger partial charge is 0.337 e. The van der Waals surface area contributed by atoms with Crippen LogP contribution < -0.4 is 5.32 Å². The van der Waals surface area contributed by atoms with Gasteiger partial charge < -0.3 is 5.32 Å². The molecule has 0 radical (unpaired) electrons. The van der Waals surface area contributed by atoms with E-state index >= 15 is 0 Å². The molecule has 0 aliphatic carbocycles. The molecule has 0 unspecified atom stereocenters. The maximum absolute atomic E-state index is 12.0. The summed E-state index contributed by atoms with van der Waals surface area (Å²) in [6.07, 6.45) is 0. The highest BCUT2D eigenvalue weighted by atomic mass is 32.2. The number of amides is 1. The maximum Gasteiger partial charge on any atom is 0.231 e. The van der Waals surface area contributed by atoms with Gasteiger partial charge in [0.25, 0.3) is 0 Å². The van der Waals surface area contributed by atoms with Crippen molar-refractivity contribution in [2.75, 3.05) is 5.75 Å². The molecule has 2 N–H and O–H groups in total. The fourth-order valence-electron chi connectivity index (χ4n) is 1.40. The van der Waals surface area contributed by atoms with Gasteiger partial charge in [-0.25, -0.2) is 4.98 Å². The van der Waals surface area contributed by atoms with Gasteiger partial charge in [-0.2, -0.15) is 5.26 Å². The number of thioether (sulfide) groups is 1. The van der Waals surface area contributed by atoms with E-state index in [9.17, 15) is 10.1 Å². The number of aromatic nitrogens is 3. The van der Waals surface area contributed by atoms with Gasteiger partial charge >= 0.3 is 0 Å². The van der Waals surface area contributed by atoms with Crippen LogP contribution in [0.4, 0.5) is 0 Å². The Labute approximate surface area is 130 Å². The van der Waals surface area contributed by atoms with Crippen LogP contribution in [-0.4, -0.2) is 32.4 Å². The van der Waals surface area contributed by atoms with Crippen molar-refractivity contribution in [3.8, 4) is 6.07 Å². The van der Waals surface area contributed by atoms with E-state index in [1.54, 1.807) is 6.92 Å². The van der Waals surface area contributed by atoms with Gasteiger partial charge in [0.2, 0.25) is 11.1 Å². The summed E-state index contributed by atoms with van der Waals surface area (Å²) in [6, 6.07) is 2.15. The molecule has 1 heterocycles. The molecule has 0 fully saturated rings. The lowest BCUT2D eigenvalue weighted by Crippen LogP contribution is -2.49. The maximum atomic E-state index is 12.0. The second-order valence-electron chi connectivity index (χ2n) is 6.52. The van der Waals surface area contributed by atoms with Gasteiger partial charge in [0, 0.05) is 5.41 Å². The zero-order chi connectivity index (χ0) is 16.3. The first kappa shape index (κ1) is 17.5. The summed E-state index contributed by atoms with van der Waals surface area (Å²) in [7, 11) is 0. The molecule has 1 atom stereocenters. The third-order valence-electron chi connectivity index (χ3n) is 3.29. The molecule has 1 rings (SSSR count). The van der Waals surface area contributed by atoms with Crippen LogP contribution in [0.2, 0.25) is 0 Å². The van der Waals surface area contributed by atoms with Gasteiger partial charge in [-0.05, 0) is 12.8 Å². The molecule has 0 saturated heterocycles. The Morgan fingerprint density at radius 3 is 2.48 bits per heavy atom. The van der Waals surface area contributed by atoms with Crippen molar-refractivity contribution >= 4 is 17.7 Å². The molecule has 6 nitrogen and oxygen atoms in total. The van der Waals surface area contributed by atoms with Crippen molar-refractivity contribution in [3.05, 3.63) is 5.82 Å². The van der Waals surface area contributed by atoms with Crippen molar-refractivity contribution in [3.63, 3.8) is 0 Å². The minimum absolute atomic E-state index is 0.0347. The van der Waals surface area contributed by atoms with Gasteiger partial charge in [0.05, 0.1) is 11.8 Å². The van der Waals surface area contributed by atoms with E-state index in [-0.39, 0.29) is 23.0 Å². The second-order valence-corrected chi connectivity index (χ2v) is 7.46. The fraction of sp³-hybridized carbons (Fsp3) is 0.714. The Morgan fingerprint density at radius 1 is 1.43 bits per heavy atom. The highest BCUT2D eigenvalue weighted by Crippen LogP contribution is 2.21. The Hall–Kier alpha value is -1.55. The van der Waals surface area contributed by atoms with Gasteiger partial charge in [0.1, 0.15) is 11.4 Å². The van der Waals surface area contributed by atoms with Crippen molar-refractivity contribution in [1.29, 1.82) is 5.26 Å². The number of H-pyrrole nitrogens is 1. The number of hydrogen-bond acceptors (Lipinski definition) is 5. The summed E-state index contributed by atoms with van der Waals surface area (Å²) in [5.74, 6) is 0.813. The zero-order valence-electron chi connectivity index (χ0n) is 13.4. The highest BCUT2D eigenvalue weighted by Gasteiger charge is 2.30. The zero-order valence-corrected chi connectivity index (χ0v) is 14.3. The predicted molar refractivity (Wildman–Crippen MR) is 82.8 cm³/mol. The summed E-state index contributed by atoms with van der Waals surface area (Å²) in [5.41, 5.74) is -0.960. The van der Waals surface area contributed by atoms with E-state index in [0.717, 1.165) is 5.82 Å². The number of nitriles is 1. The number of rotatable bonds is 5. The quantitative estimate of drug-likeness (QED) is 0.813. The van der Waals surface area contributed by atoms with Crippen LogP contribution in [0.15, 0.2) is 5.16 Å². The number of hydrogen-bond donors (Lipinski definition) is 2. The summed E-state index contributed by atoms with van der Waals surface area (Å²) >= 11 is 1.25. The van der Waals surface area contributed by atoms with Crippen molar-refractivity contribution in [2.24, 2.45) is 5.92 Å². The summed E-state index contributed by atoms with van der Waals surface area (Å²) in [4.78, 5) is 16.3. The molecular weight excluding hydrogens is 286 g/mol. The molecule has 1 aromatic heterocycles. The second kappa shape index (κ2) is 6.48. The Morgan fingerprint density at radius 2 is 2.05 bits per heavy atom. The molecule has 0 aromatic carbocycles. The van der Waals surface area contributed by atoms with Gasteiger partial charge in [-0.15, -0.1) is 5.10 Å². The lowest BCUT2D eigenvalue weighted by atomic mass is 9.90. The van der Waals surface area contributed by atoms with Crippen LogP contribution in [0.1, 0.15) is 47.4 Å². The van der Waals surface area contributed by atoms with Crippen LogP contribution in [0.5, 0.6) is 0 Å². The number of nitrogens with zero attached hydrogens (tertiary/aromatic N) is 3. The standard InChI is InChI=1S/C14H23N5OS/c1-9(2)14(6,8-15)17-10(20)7-21-12-16-11(18-19-12)13(3,4)5/h9H,7H2,1-6H3,(H,17,20)(H,16,18,19)/t14-/m1/s1. The predicted octanol–water partition coefficient (Wildman–Crippen LogP) is 2.25. The van der Waals surface area contributed by atoms with E-state index in [0.29, 0.717) is 5.16 Å². The molecule has 116 valence electrons. The first-order chi connectivity index (χ1) is 9.58. The Balaban J connectivity index is 2.58. The molecule has 0 saturated carbocycles. The highest BCUT2D eigenvalue weighted by molar-refractivity contribution is 7.99. The molecule has 0 bridgehead atoms. The van der Waals surface area contributed by atoms with Gasteiger partial charge in [0.15, 0.2) is 0 Å². The Kier molecular flexibility index (Phi) is 5.40. The molecule has 0 aliphatic heterocycles. The van der Waals surface area contributed by atoms with Crippen molar-refractivity contribution in [2.45, 2.75) is 57.7 Å². The molecular formula is C14H23N5OS. The number of aromatic amines is 1. The first-order valence-electron chi connectivity index (χ1n) is 6.86. The number of carbonyl (C=O) groups excluding carboxylic acids is 1. The number of carbonyl (C=O) groups is 1. The Bertz CT molecular complexity index is 540. The fourth-order valence-corrected chi connectivity index (χ4v) is 2.00. The topological polar surface area (TPSA) is 94.5 Å². The lowest BCUT2D eigenvalue weighted by molar-refractivity contribution is -0.120. The minimum atomic E-state index is -0.854. The third kappa shape index (κ3) is 4.74. The third-order valence-corrected chi connectivity index (χ3v) is 4.14. The van der Waals surface area contributed by atoms with Crippen molar-refractivity contribution < 1.29 is 4.79 Å². The molecule has 1 amide bonds. The van der Waals surface area contributed by atoms with Crippen molar-refractivity contribution in [1.82, 2.24) is 20.5 Å². The molecule has 0 spiro atoms. The molecule has 0 aliphatic rings. The van der Waals surface area contributed by atoms with E-state index in [4.69, 9.17) is 0 Å². The van der Waals surface area contributed by atoms with Crippen LogP contribution in [0, 0.1) is 17.2 Å². The number of nitrogens with one attached hydrogen (secondary N) is 2. The summed E-state index contributed by atoms with van der Waals surface area (Å²) in [5, 5.41) is 19.5. The molecule has 21 heavy (non-hydrogen) atoms. The molecule has 1 aromatic rings. The first-order valence-corrected chi connectivity index (χ1v) is 7.85. The van der Waals surface area contributed by atoms with E-state index in [1.165, 1.54) is 11.8 Å². The smallest absolute Gasteiger partial charge is 0.231 e. The normalized spacial score (nSPS) is 14.6. The minimum Gasteiger partial charge on any atom is -0.337 e. The average molecular weight is 309 g/mol. The van der Waals surface area contributed by atoms with E-state index in [1.807, 2.05) is 34.6 Å². The summed E-state index contributed by atoms with van der Waals surface area (Å²) < 4.78 is 0. The van der Waals surface area contributed by atoms with Gasteiger partial charge in [-0.1, -0.05) is 46.4 Å². The van der Waals surface area contributed by atoms with E-state index in [2.05, 4.69) is 26.6 Å². The lowest BCUT2D eigenvalue weighted by Gasteiger charge is -2.27. The van der Waals surface area contributed by atoms with E-state index < -0.39 is 5.54 Å². The SMILES string of the molecule is CC(C)[C@@](C)(C#N)NC(=O)CSc1n[nH]c(C(C)(C)C)n1. The van der Waals surface area contributed by atoms with Gasteiger partial charge in [-0.3, -0.25) is 9.89 Å². The van der Waals surface area contributed by atoms with Crippen LogP contribution in [-0.2, 0) is 10.2 Å². The van der Waals surface area contributed by atoms with Crippen LogP contribution in [0.3, 0.4) is 0 Å². The molecule has 7 heteroatoms.